The normalized spacial score (nSPS) is 10.9. The van der Waals surface area contributed by atoms with Gasteiger partial charge in [-0.1, -0.05) is 0 Å². The Morgan fingerprint density at radius 2 is 1.90 bits per heavy atom. The average molecular weight is 396 g/mol. The van der Waals surface area contributed by atoms with Crippen molar-refractivity contribution in [2.45, 2.75) is 41.2 Å². The lowest BCUT2D eigenvalue weighted by Crippen LogP contribution is -2.16. The van der Waals surface area contributed by atoms with Crippen LogP contribution in [-0.4, -0.2) is 33.7 Å². The number of carbonyl (C=O) groups is 3. The Kier molecular flexibility index (Phi) is 5.59. The number of hydrogen-bond acceptors (Lipinski definition) is 5. The maximum absolute atomic E-state index is 12.7. The summed E-state index contributed by atoms with van der Waals surface area (Å²) in [6.45, 7) is 8.75. The molecule has 0 fully saturated rings. The molecule has 3 heterocycles. The van der Waals surface area contributed by atoms with Gasteiger partial charge in [0.2, 0.25) is 5.78 Å². The molecule has 7 heteroatoms. The van der Waals surface area contributed by atoms with E-state index in [4.69, 9.17) is 9.15 Å². The van der Waals surface area contributed by atoms with Crippen molar-refractivity contribution in [3.63, 3.8) is 0 Å². The summed E-state index contributed by atoms with van der Waals surface area (Å²) in [4.78, 5) is 39.7. The Balaban J connectivity index is 1.72. The molecule has 0 bridgehead atoms. The number of aryl methyl sites for hydroxylation is 2. The van der Waals surface area contributed by atoms with Crippen LogP contribution in [0, 0.1) is 27.7 Å². The highest BCUT2D eigenvalue weighted by Gasteiger charge is 2.23. The second kappa shape index (κ2) is 7.95. The minimum absolute atomic E-state index is 0.129. The highest BCUT2D eigenvalue weighted by molar-refractivity contribution is 6.03. The van der Waals surface area contributed by atoms with Gasteiger partial charge in [-0.05, 0) is 58.4 Å². The van der Waals surface area contributed by atoms with Gasteiger partial charge in [-0.15, -0.1) is 0 Å². The molecule has 0 atom stereocenters. The number of nitrogens with zero attached hydrogens (tertiary/aromatic N) is 1. The van der Waals surface area contributed by atoms with Crippen molar-refractivity contribution < 1.29 is 23.5 Å². The van der Waals surface area contributed by atoms with E-state index in [9.17, 15) is 14.4 Å². The van der Waals surface area contributed by atoms with E-state index >= 15 is 0 Å². The Morgan fingerprint density at radius 3 is 2.48 bits per heavy atom. The molecule has 0 aliphatic rings. The highest BCUT2D eigenvalue weighted by Crippen LogP contribution is 2.21. The number of furan rings is 1. The minimum atomic E-state index is -0.657. The second-order valence-electron chi connectivity index (χ2n) is 7.13. The summed E-state index contributed by atoms with van der Waals surface area (Å²) in [5.74, 6) is -0.285. The first-order chi connectivity index (χ1) is 13.7. The van der Waals surface area contributed by atoms with Crippen LogP contribution in [0.3, 0.4) is 0 Å². The Bertz CT molecular complexity index is 1080. The van der Waals surface area contributed by atoms with E-state index in [0.29, 0.717) is 28.9 Å². The molecule has 0 aliphatic heterocycles. The molecular weight excluding hydrogens is 372 g/mol. The van der Waals surface area contributed by atoms with Crippen LogP contribution in [0.1, 0.15) is 66.5 Å². The summed E-state index contributed by atoms with van der Waals surface area (Å²) in [7, 11) is 0. The van der Waals surface area contributed by atoms with Gasteiger partial charge in [0.15, 0.2) is 12.4 Å². The number of ketones is 2. The summed E-state index contributed by atoms with van der Waals surface area (Å²) in [5.41, 5.74) is 4.01. The molecule has 3 aromatic rings. The predicted molar refractivity (Wildman–Crippen MR) is 107 cm³/mol. The van der Waals surface area contributed by atoms with Crippen LogP contribution in [-0.2, 0) is 11.3 Å². The fourth-order valence-corrected chi connectivity index (χ4v) is 3.65. The molecule has 29 heavy (non-hydrogen) atoms. The zero-order valence-corrected chi connectivity index (χ0v) is 17.2. The zero-order chi connectivity index (χ0) is 21.3. The third kappa shape index (κ3) is 3.94. The lowest BCUT2D eigenvalue weighted by molar-refractivity contribution is 0.0468. The van der Waals surface area contributed by atoms with Crippen LogP contribution in [0.5, 0.6) is 0 Å². The molecule has 0 saturated carbocycles. The van der Waals surface area contributed by atoms with Crippen LogP contribution in [0.25, 0.3) is 0 Å². The first-order valence-corrected chi connectivity index (χ1v) is 9.30. The first kappa shape index (κ1) is 20.4. The summed E-state index contributed by atoms with van der Waals surface area (Å²) >= 11 is 0. The van der Waals surface area contributed by atoms with Crippen molar-refractivity contribution in [3.05, 3.63) is 69.7 Å². The van der Waals surface area contributed by atoms with Crippen LogP contribution in [0.4, 0.5) is 0 Å². The molecule has 152 valence electrons. The van der Waals surface area contributed by atoms with E-state index < -0.39 is 5.97 Å². The standard InChI is InChI=1S/C22H24N2O5/c1-12-9-18(15(4)24(12)10-17-7-6-8-28-17)19(26)11-29-22(27)21-13(2)20(16(5)25)14(3)23-21/h6-9,23H,10-11H2,1-5H3. The molecule has 3 rings (SSSR count). The minimum Gasteiger partial charge on any atom is -0.467 e. The van der Waals surface area contributed by atoms with Crippen LogP contribution < -0.4 is 0 Å². The molecule has 0 aliphatic carbocycles. The van der Waals surface area contributed by atoms with Crippen molar-refractivity contribution in [3.8, 4) is 0 Å². The van der Waals surface area contributed by atoms with Crippen molar-refractivity contribution in [2.75, 3.05) is 6.61 Å². The van der Waals surface area contributed by atoms with E-state index in [2.05, 4.69) is 4.98 Å². The summed E-state index contributed by atoms with van der Waals surface area (Å²) in [6, 6.07) is 5.47. The van der Waals surface area contributed by atoms with Crippen LogP contribution >= 0.6 is 0 Å². The Morgan fingerprint density at radius 1 is 1.17 bits per heavy atom. The van der Waals surface area contributed by atoms with Gasteiger partial charge in [0.05, 0.1) is 12.8 Å². The Hall–Kier alpha value is -3.35. The maximum atomic E-state index is 12.7. The van der Waals surface area contributed by atoms with Gasteiger partial charge < -0.3 is 18.7 Å². The summed E-state index contributed by atoms with van der Waals surface area (Å²) in [6.07, 6.45) is 1.61. The molecule has 0 saturated heterocycles. The predicted octanol–water partition coefficient (Wildman–Crippen LogP) is 3.93. The van der Waals surface area contributed by atoms with Gasteiger partial charge in [-0.2, -0.15) is 0 Å². The van der Waals surface area contributed by atoms with Crippen LogP contribution in [0.2, 0.25) is 0 Å². The molecular formula is C22H24N2O5. The SMILES string of the molecule is CC(=O)c1c(C)[nH]c(C(=O)OCC(=O)c2cc(C)n(Cc3ccco3)c2C)c1C. The highest BCUT2D eigenvalue weighted by atomic mass is 16.5. The van der Waals surface area contributed by atoms with E-state index in [1.165, 1.54) is 6.92 Å². The van der Waals surface area contributed by atoms with E-state index in [-0.39, 0.29) is 23.9 Å². The average Bonchev–Trinajstić information content (AvgIpc) is 3.34. The number of carbonyl (C=O) groups excluding carboxylic acids is 3. The molecule has 0 radical (unpaired) electrons. The number of Topliss-reactive ketones (excluding diaryl/α,β-unsaturated/α-hetero) is 2. The third-order valence-corrected chi connectivity index (χ3v) is 5.10. The van der Waals surface area contributed by atoms with Crippen LogP contribution in [0.15, 0.2) is 28.9 Å². The number of H-pyrrole nitrogens is 1. The van der Waals surface area contributed by atoms with Crippen molar-refractivity contribution >= 4 is 17.5 Å². The van der Waals surface area contributed by atoms with E-state index in [1.54, 1.807) is 26.2 Å². The maximum Gasteiger partial charge on any atom is 0.355 e. The number of rotatable bonds is 7. The lowest BCUT2D eigenvalue weighted by atomic mass is 10.1. The molecule has 7 nitrogen and oxygen atoms in total. The van der Waals surface area contributed by atoms with Gasteiger partial charge in [0.25, 0.3) is 0 Å². The number of aromatic nitrogens is 2. The topological polar surface area (TPSA) is 94.3 Å². The summed E-state index contributed by atoms with van der Waals surface area (Å²) in [5, 5.41) is 0. The molecule has 0 unspecified atom stereocenters. The third-order valence-electron chi connectivity index (χ3n) is 5.10. The van der Waals surface area contributed by atoms with E-state index in [0.717, 1.165) is 17.1 Å². The fourth-order valence-electron chi connectivity index (χ4n) is 3.65. The smallest absolute Gasteiger partial charge is 0.355 e. The van der Waals surface area contributed by atoms with E-state index in [1.807, 2.05) is 30.5 Å². The Labute approximate surface area is 168 Å². The molecule has 0 spiro atoms. The fraction of sp³-hybridized carbons (Fsp3) is 0.318. The monoisotopic (exact) mass is 396 g/mol. The molecule has 1 N–H and O–H groups in total. The van der Waals surface area contributed by atoms with Crippen molar-refractivity contribution in [1.82, 2.24) is 9.55 Å². The van der Waals surface area contributed by atoms with Gasteiger partial charge in [0.1, 0.15) is 11.5 Å². The summed E-state index contributed by atoms with van der Waals surface area (Å²) < 4.78 is 12.6. The largest absolute Gasteiger partial charge is 0.467 e. The van der Waals surface area contributed by atoms with Crippen molar-refractivity contribution in [1.29, 1.82) is 0 Å². The quantitative estimate of drug-likeness (QED) is 0.482. The molecule has 3 aromatic heterocycles. The van der Waals surface area contributed by atoms with Gasteiger partial charge in [-0.25, -0.2) is 4.79 Å². The van der Waals surface area contributed by atoms with Gasteiger partial charge >= 0.3 is 5.97 Å². The second-order valence-corrected chi connectivity index (χ2v) is 7.13. The number of nitrogens with one attached hydrogen (secondary N) is 1. The number of hydrogen-bond donors (Lipinski definition) is 1. The molecule has 0 amide bonds. The number of esters is 1. The van der Waals surface area contributed by atoms with Crippen molar-refractivity contribution in [2.24, 2.45) is 0 Å². The number of ether oxygens (including phenoxy) is 1. The number of aromatic amines is 1. The zero-order valence-electron chi connectivity index (χ0n) is 17.2. The molecule has 0 aromatic carbocycles. The first-order valence-electron chi connectivity index (χ1n) is 9.30. The van der Waals surface area contributed by atoms with Gasteiger partial charge in [-0.3, -0.25) is 9.59 Å². The van der Waals surface area contributed by atoms with Gasteiger partial charge in [0, 0.05) is 28.2 Å². The lowest BCUT2D eigenvalue weighted by Gasteiger charge is -2.08.